The van der Waals surface area contributed by atoms with Gasteiger partial charge in [0.25, 0.3) is 0 Å². The summed E-state index contributed by atoms with van der Waals surface area (Å²) in [5, 5.41) is 27.8. The Morgan fingerprint density at radius 1 is 0.426 bits per heavy atom. The highest BCUT2D eigenvalue weighted by atomic mass is 19.4. The third-order valence-corrected chi connectivity index (χ3v) is 24.5. The van der Waals surface area contributed by atoms with Crippen LogP contribution in [0.5, 0.6) is 17.2 Å². The van der Waals surface area contributed by atoms with Crippen LogP contribution in [-0.2, 0) is 67.2 Å². The third kappa shape index (κ3) is 19.3. The lowest BCUT2D eigenvalue weighted by molar-refractivity contribution is -0.143. The predicted octanol–water partition coefficient (Wildman–Crippen LogP) is 18.5. The number of anilines is 3. The minimum Gasteiger partial charge on any atom is -0.496 e. The van der Waals surface area contributed by atoms with Crippen LogP contribution in [0.2, 0.25) is 0 Å². The zero-order valence-corrected chi connectivity index (χ0v) is 70.2. The van der Waals surface area contributed by atoms with Gasteiger partial charge in [-0.05, 0) is 224 Å². The second-order valence-corrected chi connectivity index (χ2v) is 32.7. The number of hydrogen-bond acceptors (Lipinski definition) is 18. The number of aliphatic carboxylic acids is 3. The molecule has 7 fully saturated rings. The zero-order valence-electron chi connectivity index (χ0n) is 70.2. The molecular weight excluding hydrogens is 1560 g/mol. The monoisotopic (exact) mass is 1670 g/mol. The lowest BCUT2D eigenvalue weighted by atomic mass is 9.78. The van der Waals surface area contributed by atoms with Crippen molar-refractivity contribution in [3.05, 3.63) is 230 Å². The molecule has 7 aliphatic rings. The summed E-state index contributed by atoms with van der Waals surface area (Å²) in [5.41, 5.74) is 14.8. The van der Waals surface area contributed by atoms with Gasteiger partial charge in [-0.25, -0.2) is 29.3 Å². The fourth-order valence-electron chi connectivity index (χ4n) is 17.2. The summed E-state index contributed by atoms with van der Waals surface area (Å²) in [7, 11) is 4.83. The molecule has 6 aromatic carbocycles. The van der Waals surface area contributed by atoms with Crippen LogP contribution >= 0.6 is 0 Å². The first-order valence-electron chi connectivity index (χ1n) is 41.8. The number of carbonyl (C=O) groups is 6. The fraction of sp³-hybridized carbons (Fsp3) is 0.400. The van der Waals surface area contributed by atoms with E-state index in [0.29, 0.717) is 66.5 Å². The molecule has 640 valence electrons. The summed E-state index contributed by atoms with van der Waals surface area (Å²) in [6.07, 6.45) is -0.329. The first kappa shape index (κ1) is 86.0. The Morgan fingerprint density at radius 3 is 1.17 bits per heavy atom. The molecule has 27 heteroatoms. The molecular formula is C95H104F3N9O15. The van der Waals surface area contributed by atoms with E-state index < -0.39 is 47.9 Å². The first-order valence-corrected chi connectivity index (χ1v) is 41.8. The number of benzene rings is 6. The Kier molecular flexibility index (Phi) is 26.3. The molecule has 6 saturated heterocycles. The number of hydrogen-bond donors (Lipinski definition) is 3. The summed E-state index contributed by atoms with van der Waals surface area (Å²) in [5.74, 6) is 2.12. The van der Waals surface area contributed by atoms with Gasteiger partial charge in [-0.15, -0.1) is 0 Å². The minimum absolute atomic E-state index is 0.0289. The van der Waals surface area contributed by atoms with Crippen LogP contribution in [0.4, 0.5) is 45.0 Å². The van der Waals surface area contributed by atoms with Crippen LogP contribution in [-0.4, -0.2) is 160 Å². The van der Waals surface area contributed by atoms with Crippen molar-refractivity contribution >= 4 is 53.6 Å². The van der Waals surface area contributed by atoms with Crippen LogP contribution in [0.1, 0.15) is 176 Å². The van der Waals surface area contributed by atoms with E-state index in [9.17, 15) is 47.0 Å². The van der Waals surface area contributed by atoms with Crippen molar-refractivity contribution in [1.29, 1.82) is 0 Å². The van der Waals surface area contributed by atoms with Crippen molar-refractivity contribution in [3.63, 3.8) is 0 Å². The van der Waals surface area contributed by atoms with E-state index in [1.54, 1.807) is 37.0 Å². The average Bonchev–Trinajstić information content (AvgIpc) is 1.58. The maximum Gasteiger partial charge on any atom is 0.416 e. The molecule has 16 rings (SSSR count). The SMILES string of the molecule is COc1ccc(C2CCC(C(=O)O)CC2)cc1-c1ccc(N2CCC2)nc1CN1C(=O)O[C@H](c2cc(C)cc(C)c2)[C@@H]1C.COc1ccc(CCC(=O)O)cc1-c1ccc(N2CCC2)nc1CN1C(=O)O[C@H](c2cccc(C(F)(F)F)c2)[C@@H]1C.COc1ccc(CCC(=O)O)cc1-c1ccc(N2CCC2)nc1CN1C(=O)O[C@H](c2cccc(C)c2)[C@@H]1C. The molecule has 3 aromatic heterocycles. The Morgan fingerprint density at radius 2 is 0.803 bits per heavy atom. The van der Waals surface area contributed by atoms with E-state index in [-0.39, 0.29) is 73.9 Å². The van der Waals surface area contributed by atoms with Gasteiger partial charge in [-0.3, -0.25) is 29.1 Å². The van der Waals surface area contributed by atoms with Gasteiger partial charge in [0.15, 0.2) is 0 Å². The normalized spacial score (nSPS) is 20.4. The van der Waals surface area contributed by atoms with Gasteiger partial charge in [-0.1, -0.05) is 89.5 Å². The number of ether oxygens (including phenoxy) is 6. The molecule has 1 saturated carbocycles. The van der Waals surface area contributed by atoms with Gasteiger partial charge in [0.1, 0.15) is 53.0 Å². The number of carboxylic acids is 3. The van der Waals surface area contributed by atoms with Crippen LogP contribution < -0.4 is 28.9 Å². The molecule has 1 aliphatic carbocycles. The molecule has 6 aliphatic heterocycles. The Labute approximate surface area is 708 Å². The van der Waals surface area contributed by atoms with Crippen LogP contribution in [0.3, 0.4) is 0 Å². The van der Waals surface area contributed by atoms with Gasteiger partial charge in [0.05, 0.1) is 87.7 Å². The highest BCUT2D eigenvalue weighted by Gasteiger charge is 2.45. The van der Waals surface area contributed by atoms with Crippen LogP contribution in [0, 0.1) is 26.7 Å². The number of carbonyl (C=O) groups excluding carboxylic acids is 3. The number of aromatic nitrogens is 3. The molecule has 0 bridgehead atoms. The smallest absolute Gasteiger partial charge is 0.416 e. The number of methoxy groups -OCH3 is 3. The standard InChI is InChI=1S/C35H41N3O5.C30H30F3N3O5.C30H33N3O5/c1-21-16-22(2)18-27(17-21)33-23(3)38(35(41)43-33)20-30-28(11-13-32(36-30)37-14-5-15-37)29-19-26(10-12-31(29)42-4)24-6-8-25(9-7-24)34(39)40;1-18-28(20-5-3-6-21(16-20)30(31,32)33)41-29(39)36(18)17-24-22(9-11-26(34-24)35-13-4-14-35)23-15-19(8-12-27(37)38)7-10-25(23)40-2;1-19-6-4-7-22(16-19)29-20(2)33(30(36)38-29)18-25-23(10-12-27(31-25)32-14-5-15-32)24-17-21(9-13-28(34)35)8-11-26(24)37-3/h10-13,16-19,23-25,33H,5-9,14-15,20H2,1-4H3,(H,39,40);3,5-7,9-11,15-16,18,28H,4,8,12-14,17H2,1-2H3,(H,37,38);4,6-8,10-12,16-17,20,29H,5,9,13-15,18H2,1-3H3,(H,34,35)/t23-,24?,25?,33-;18-,28-;20-,29-/m000/s1. The van der Waals surface area contributed by atoms with Crippen molar-refractivity contribution in [2.75, 3.05) is 75.3 Å². The van der Waals surface area contributed by atoms with E-state index >= 15 is 0 Å². The topological polar surface area (TPSA) is 277 Å². The number of amides is 3. The van der Waals surface area contributed by atoms with E-state index in [4.69, 9.17) is 53.6 Å². The van der Waals surface area contributed by atoms with E-state index in [1.807, 2.05) is 99.6 Å². The first-order chi connectivity index (χ1) is 58.6. The van der Waals surface area contributed by atoms with Crippen molar-refractivity contribution in [1.82, 2.24) is 29.7 Å². The Hall–Kier alpha value is -12.4. The quantitative estimate of drug-likeness (QED) is 0.0425. The molecule has 0 spiro atoms. The van der Waals surface area contributed by atoms with Gasteiger partial charge in [-0.2, -0.15) is 13.2 Å². The number of aryl methyl sites for hydroxylation is 5. The predicted molar refractivity (Wildman–Crippen MR) is 455 cm³/mol. The highest BCUT2D eigenvalue weighted by Crippen LogP contribution is 2.46. The lowest BCUT2D eigenvalue weighted by Crippen LogP contribution is -2.38. The number of halogens is 3. The number of pyridine rings is 3. The molecule has 3 N–H and O–H groups in total. The third-order valence-electron chi connectivity index (χ3n) is 24.5. The summed E-state index contributed by atoms with van der Waals surface area (Å²) < 4.78 is 74.6. The van der Waals surface area contributed by atoms with Crippen LogP contribution in [0.25, 0.3) is 33.4 Å². The summed E-state index contributed by atoms with van der Waals surface area (Å²) >= 11 is 0. The molecule has 9 aromatic rings. The fourth-order valence-corrected chi connectivity index (χ4v) is 17.2. The van der Waals surface area contributed by atoms with Gasteiger partial charge in [0.2, 0.25) is 0 Å². The Bertz CT molecular complexity index is 5360. The zero-order chi connectivity index (χ0) is 86.4. The minimum atomic E-state index is -4.52. The van der Waals surface area contributed by atoms with Crippen molar-refractivity contribution < 1.29 is 85.7 Å². The molecule has 0 unspecified atom stereocenters. The molecule has 9 heterocycles. The van der Waals surface area contributed by atoms with Crippen LogP contribution in [0.15, 0.2) is 158 Å². The van der Waals surface area contributed by atoms with Gasteiger partial charge >= 0.3 is 42.4 Å². The summed E-state index contributed by atoms with van der Waals surface area (Å²) in [6, 6.07) is 47.7. The van der Waals surface area contributed by atoms with Crippen molar-refractivity contribution in [3.8, 4) is 50.6 Å². The highest BCUT2D eigenvalue weighted by molar-refractivity contribution is 5.80. The summed E-state index contributed by atoms with van der Waals surface area (Å²) in [4.78, 5) is 100.0. The molecule has 0 radical (unpaired) electrons. The number of nitrogens with zero attached hydrogens (tertiary/aromatic N) is 9. The summed E-state index contributed by atoms with van der Waals surface area (Å²) in [6.45, 7) is 18.2. The maximum absolute atomic E-state index is 13.3. The molecule has 24 nitrogen and oxygen atoms in total. The number of rotatable bonds is 26. The lowest BCUT2D eigenvalue weighted by Gasteiger charge is -2.33. The van der Waals surface area contributed by atoms with E-state index in [0.717, 1.165) is 179 Å². The van der Waals surface area contributed by atoms with Crippen molar-refractivity contribution in [2.24, 2.45) is 5.92 Å². The second kappa shape index (κ2) is 37.3. The molecule has 6 atom stereocenters. The number of alkyl halides is 3. The largest absolute Gasteiger partial charge is 0.496 e. The average molecular weight is 1670 g/mol. The van der Waals surface area contributed by atoms with Gasteiger partial charge in [0, 0.05) is 85.5 Å². The second-order valence-electron chi connectivity index (χ2n) is 32.7. The number of cyclic esters (lactones) is 3. The molecule has 122 heavy (non-hydrogen) atoms. The molecule has 3 amide bonds. The van der Waals surface area contributed by atoms with E-state index in [2.05, 4.69) is 77.1 Å². The Balaban J connectivity index is 0.000000150. The number of carboxylic acid groups (broad SMARTS) is 3. The maximum atomic E-state index is 13.3. The van der Waals surface area contributed by atoms with Gasteiger partial charge < -0.3 is 58.4 Å². The van der Waals surface area contributed by atoms with E-state index in [1.165, 1.54) is 29.7 Å². The van der Waals surface area contributed by atoms with Crippen molar-refractivity contribution in [2.45, 2.75) is 180 Å².